The molecule has 23 heavy (non-hydrogen) atoms. The first kappa shape index (κ1) is 16.2. The van der Waals surface area contributed by atoms with E-state index in [-0.39, 0.29) is 0 Å². The van der Waals surface area contributed by atoms with Gasteiger partial charge < -0.3 is 14.4 Å². The molecule has 0 unspecified atom stereocenters. The maximum absolute atomic E-state index is 5.88. The number of para-hydroxylation sites is 1. The molecule has 1 aliphatic heterocycles. The molecule has 0 radical (unpaired) electrons. The van der Waals surface area contributed by atoms with E-state index in [4.69, 9.17) is 14.5 Å². The Morgan fingerprint density at radius 2 is 1.87 bits per heavy atom. The van der Waals surface area contributed by atoms with Crippen molar-refractivity contribution in [2.24, 2.45) is 0 Å². The van der Waals surface area contributed by atoms with Crippen molar-refractivity contribution in [2.75, 3.05) is 38.3 Å². The predicted octanol–water partition coefficient (Wildman–Crippen LogP) is 3.48. The van der Waals surface area contributed by atoms with Gasteiger partial charge in [0.2, 0.25) is 0 Å². The summed E-state index contributed by atoms with van der Waals surface area (Å²) in [7, 11) is 1.71. The molecule has 2 heterocycles. The van der Waals surface area contributed by atoms with E-state index >= 15 is 0 Å². The zero-order valence-electron chi connectivity index (χ0n) is 14.3. The van der Waals surface area contributed by atoms with E-state index in [1.165, 1.54) is 16.6 Å². The molecule has 0 bridgehead atoms. The summed E-state index contributed by atoms with van der Waals surface area (Å²) in [6, 6.07) is 8.45. The minimum atomic E-state index is 0.357. The third kappa shape index (κ3) is 3.48. The van der Waals surface area contributed by atoms with E-state index < -0.39 is 0 Å². The van der Waals surface area contributed by atoms with Crippen molar-refractivity contribution >= 4 is 16.6 Å². The summed E-state index contributed by atoms with van der Waals surface area (Å²) in [5, 5.41) is 1.26. The lowest BCUT2D eigenvalue weighted by molar-refractivity contribution is 0.00611. The average molecular weight is 314 g/mol. The number of nitrogens with zero attached hydrogens (tertiary/aromatic N) is 2. The zero-order valence-corrected chi connectivity index (χ0v) is 14.3. The van der Waals surface area contributed by atoms with Crippen LogP contribution in [0.25, 0.3) is 10.9 Å². The van der Waals surface area contributed by atoms with Crippen LogP contribution in [0.5, 0.6) is 0 Å². The van der Waals surface area contributed by atoms with Gasteiger partial charge in [0.1, 0.15) is 0 Å². The average Bonchev–Trinajstić information content (AvgIpc) is 2.57. The van der Waals surface area contributed by atoms with Gasteiger partial charge in [-0.2, -0.15) is 0 Å². The van der Waals surface area contributed by atoms with Gasteiger partial charge >= 0.3 is 0 Å². The first-order valence-corrected chi connectivity index (χ1v) is 8.42. The second-order valence-electron chi connectivity index (χ2n) is 6.24. The molecule has 1 aromatic heterocycles. The number of piperidine rings is 1. The Bertz CT molecular complexity index is 664. The molecule has 0 atom stereocenters. The van der Waals surface area contributed by atoms with E-state index in [0.29, 0.717) is 19.3 Å². The molecule has 3 rings (SSSR count). The molecular weight excluding hydrogens is 288 g/mol. The van der Waals surface area contributed by atoms with Crippen LogP contribution in [0.2, 0.25) is 0 Å². The molecule has 4 nitrogen and oxygen atoms in total. The first-order chi connectivity index (χ1) is 11.2. The third-order valence-corrected chi connectivity index (χ3v) is 4.74. The summed E-state index contributed by atoms with van der Waals surface area (Å²) in [6.45, 7) is 7.72. The van der Waals surface area contributed by atoms with Crippen molar-refractivity contribution in [3.8, 4) is 0 Å². The molecule has 1 aromatic carbocycles. The number of methoxy groups -OCH3 is 1. The van der Waals surface area contributed by atoms with Gasteiger partial charge in [0.25, 0.3) is 0 Å². The normalized spacial score (nSPS) is 16.2. The standard InChI is InChI=1S/C19H26N2O2/c1-14-15(2)20-18-7-5-4-6-17(18)19(14)21-10-8-16(9-11-21)23-13-12-22-3/h4-7,16H,8-13H2,1-3H3. The molecule has 0 N–H and O–H groups in total. The molecule has 4 heteroatoms. The summed E-state index contributed by atoms with van der Waals surface area (Å²) < 4.78 is 10.9. The van der Waals surface area contributed by atoms with Crippen molar-refractivity contribution in [1.82, 2.24) is 4.98 Å². The number of pyridine rings is 1. The molecule has 0 spiro atoms. The number of rotatable bonds is 5. The van der Waals surface area contributed by atoms with Crippen molar-refractivity contribution in [3.05, 3.63) is 35.5 Å². The highest BCUT2D eigenvalue weighted by molar-refractivity contribution is 5.93. The monoisotopic (exact) mass is 314 g/mol. The molecule has 1 saturated heterocycles. The number of hydrogen-bond donors (Lipinski definition) is 0. The smallest absolute Gasteiger partial charge is 0.0726 e. The van der Waals surface area contributed by atoms with E-state index in [1.807, 2.05) is 0 Å². The molecular formula is C19H26N2O2. The zero-order chi connectivity index (χ0) is 16.2. The number of benzene rings is 1. The van der Waals surface area contributed by atoms with Crippen LogP contribution < -0.4 is 4.90 Å². The molecule has 1 fully saturated rings. The van der Waals surface area contributed by atoms with Crippen molar-refractivity contribution in [3.63, 3.8) is 0 Å². The summed E-state index contributed by atoms with van der Waals surface area (Å²) in [6.07, 6.45) is 2.49. The Hall–Kier alpha value is -1.65. The SMILES string of the molecule is COCCOC1CCN(c2c(C)c(C)nc3ccccc23)CC1. The van der Waals surface area contributed by atoms with Crippen molar-refractivity contribution in [1.29, 1.82) is 0 Å². The second kappa shape index (κ2) is 7.28. The Balaban J connectivity index is 1.78. The highest BCUT2D eigenvalue weighted by Gasteiger charge is 2.23. The third-order valence-electron chi connectivity index (χ3n) is 4.74. The number of anilines is 1. The largest absolute Gasteiger partial charge is 0.382 e. The lowest BCUT2D eigenvalue weighted by Gasteiger charge is -2.35. The predicted molar refractivity (Wildman–Crippen MR) is 94.3 cm³/mol. The minimum absolute atomic E-state index is 0.357. The van der Waals surface area contributed by atoms with Crippen LogP contribution in [0.3, 0.4) is 0 Å². The fraction of sp³-hybridized carbons (Fsp3) is 0.526. The molecule has 1 aliphatic rings. The van der Waals surface area contributed by atoms with Crippen LogP contribution >= 0.6 is 0 Å². The van der Waals surface area contributed by atoms with E-state index in [9.17, 15) is 0 Å². The Morgan fingerprint density at radius 3 is 2.61 bits per heavy atom. The van der Waals surface area contributed by atoms with Crippen LogP contribution in [-0.4, -0.2) is 44.5 Å². The van der Waals surface area contributed by atoms with Gasteiger partial charge in [0.05, 0.1) is 30.5 Å². The van der Waals surface area contributed by atoms with Gasteiger partial charge in [-0.05, 0) is 38.3 Å². The number of ether oxygens (including phenoxy) is 2. The number of aromatic nitrogens is 1. The van der Waals surface area contributed by atoms with Crippen LogP contribution in [0.15, 0.2) is 24.3 Å². The minimum Gasteiger partial charge on any atom is -0.382 e. The highest BCUT2D eigenvalue weighted by Crippen LogP contribution is 2.33. The van der Waals surface area contributed by atoms with E-state index in [2.05, 4.69) is 43.0 Å². The molecule has 0 aliphatic carbocycles. The summed E-state index contributed by atoms with van der Waals surface area (Å²) in [5.74, 6) is 0. The Labute approximate surface area is 138 Å². The lowest BCUT2D eigenvalue weighted by atomic mass is 10.0. The second-order valence-corrected chi connectivity index (χ2v) is 6.24. The molecule has 0 saturated carbocycles. The fourth-order valence-electron chi connectivity index (χ4n) is 3.36. The fourth-order valence-corrected chi connectivity index (χ4v) is 3.36. The first-order valence-electron chi connectivity index (χ1n) is 8.42. The quantitative estimate of drug-likeness (QED) is 0.791. The van der Waals surface area contributed by atoms with E-state index in [1.54, 1.807) is 7.11 Å². The summed E-state index contributed by atoms with van der Waals surface area (Å²) >= 11 is 0. The van der Waals surface area contributed by atoms with Gasteiger partial charge in [-0.25, -0.2) is 0 Å². The van der Waals surface area contributed by atoms with Crippen LogP contribution in [0.4, 0.5) is 5.69 Å². The van der Waals surface area contributed by atoms with Gasteiger partial charge in [0.15, 0.2) is 0 Å². The number of aryl methyl sites for hydroxylation is 1. The summed E-state index contributed by atoms with van der Waals surface area (Å²) in [5.41, 5.74) is 4.85. The van der Waals surface area contributed by atoms with Crippen LogP contribution in [0.1, 0.15) is 24.1 Å². The Morgan fingerprint density at radius 1 is 1.13 bits per heavy atom. The van der Waals surface area contributed by atoms with Crippen molar-refractivity contribution in [2.45, 2.75) is 32.8 Å². The maximum Gasteiger partial charge on any atom is 0.0726 e. The van der Waals surface area contributed by atoms with Crippen LogP contribution in [-0.2, 0) is 9.47 Å². The number of fused-ring (bicyclic) bond motifs is 1. The van der Waals surface area contributed by atoms with E-state index in [0.717, 1.165) is 37.1 Å². The van der Waals surface area contributed by atoms with Gasteiger partial charge in [-0.15, -0.1) is 0 Å². The topological polar surface area (TPSA) is 34.6 Å². The number of hydrogen-bond acceptors (Lipinski definition) is 4. The summed E-state index contributed by atoms with van der Waals surface area (Å²) in [4.78, 5) is 7.23. The Kier molecular flexibility index (Phi) is 5.13. The highest BCUT2D eigenvalue weighted by atomic mass is 16.5. The molecule has 0 amide bonds. The maximum atomic E-state index is 5.88. The van der Waals surface area contributed by atoms with Crippen LogP contribution in [0, 0.1) is 13.8 Å². The van der Waals surface area contributed by atoms with Gasteiger partial charge in [0, 0.05) is 31.3 Å². The van der Waals surface area contributed by atoms with Gasteiger partial charge in [-0.3, -0.25) is 4.98 Å². The van der Waals surface area contributed by atoms with Crippen molar-refractivity contribution < 1.29 is 9.47 Å². The molecule has 2 aromatic rings. The lowest BCUT2D eigenvalue weighted by Crippen LogP contribution is -2.38. The van der Waals surface area contributed by atoms with Gasteiger partial charge in [-0.1, -0.05) is 18.2 Å². The molecule has 124 valence electrons.